The third-order valence-corrected chi connectivity index (χ3v) is 3.62. The number of imidazole rings is 1. The van der Waals surface area contributed by atoms with Gasteiger partial charge in [-0.1, -0.05) is 11.6 Å². The molecule has 102 valence electrons. The van der Waals surface area contributed by atoms with Gasteiger partial charge in [0.05, 0.1) is 28.9 Å². The fraction of sp³-hybridized carbons (Fsp3) is 0.0714. The van der Waals surface area contributed by atoms with Crippen LogP contribution in [0.25, 0.3) is 16.7 Å². The summed E-state index contributed by atoms with van der Waals surface area (Å²) < 4.78 is 20.8. The van der Waals surface area contributed by atoms with Crippen molar-refractivity contribution in [1.29, 1.82) is 0 Å². The minimum Gasteiger partial charge on any atom is -0.495 e. The normalized spacial score (nSPS) is 10.9. The molecule has 3 rings (SSSR count). The summed E-state index contributed by atoms with van der Waals surface area (Å²) in [6.45, 7) is 0. The second kappa shape index (κ2) is 4.92. The van der Waals surface area contributed by atoms with Crippen LogP contribution in [0.5, 0.6) is 5.75 Å². The third-order valence-electron chi connectivity index (χ3n) is 3.04. The van der Waals surface area contributed by atoms with Crippen molar-refractivity contribution in [3.8, 4) is 11.4 Å². The fourth-order valence-corrected chi connectivity index (χ4v) is 2.69. The molecule has 0 aliphatic rings. The van der Waals surface area contributed by atoms with Gasteiger partial charge in [-0.2, -0.15) is 0 Å². The zero-order chi connectivity index (χ0) is 14.3. The molecule has 1 heterocycles. The zero-order valence-electron chi connectivity index (χ0n) is 10.5. The number of aromatic amines is 1. The van der Waals surface area contributed by atoms with Crippen molar-refractivity contribution in [2.24, 2.45) is 0 Å². The summed E-state index contributed by atoms with van der Waals surface area (Å²) in [6.07, 6.45) is 0. The van der Waals surface area contributed by atoms with Gasteiger partial charge >= 0.3 is 0 Å². The minimum atomic E-state index is -0.320. The lowest BCUT2D eigenvalue weighted by Crippen LogP contribution is -1.95. The number of benzene rings is 2. The van der Waals surface area contributed by atoms with Gasteiger partial charge in [-0.05, 0) is 42.5 Å². The van der Waals surface area contributed by atoms with Gasteiger partial charge in [0.25, 0.3) is 0 Å². The lowest BCUT2D eigenvalue weighted by atomic mass is 10.2. The second-order valence-corrected chi connectivity index (χ2v) is 5.04. The standard InChI is InChI=1S/C14H10ClFN2OS/c1-19-13-5-3-9(7-10(13)15)18-12-6-8(16)2-4-11(12)17-14(18)20/h2-7H,1H3,(H,17,20). The first-order valence-corrected chi connectivity index (χ1v) is 6.63. The molecule has 0 aliphatic heterocycles. The smallest absolute Gasteiger partial charge is 0.182 e. The number of nitrogens with zero attached hydrogens (tertiary/aromatic N) is 1. The molecule has 0 amide bonds. The maximum atomic E-state index is 13.4. The summed E-state index contributed by atoms with van der Waals surface area (Å²) in [6, 6.07) is 9.77. The number of ether oxygens (including phenoxy) is 1. The quantitative estimate of drug-likeness (QED) is 0.707. The number of hydrogen-bond donors (Lipinski definition) is 1. The van der Waals surface area contributed by atoms with Crippen LogP contribution in [0.15, 0.2) is 36.4 Å². The van der Waals surface area contributed by atoms with Crippen LogP contribution in [0.3, 0.4) is 0 Å². The molecule has 0 unspecified atom stereocenters. The van der Waals surface area contributed by atoms with Crippen LogP contribution < -0.4 is 4.74 Å². The number of halogens is 2. The van der Waals surface area contributed by atoms with Crippen molar-refractivity contribution in [2.45, 2.75) is 0 Å². The highest BCUT2D eigenvalue weighted by atomic mass is 35.5. The van der Waals surface area contributed by atoms with Gasteiger partial charge < -0.3 is 9.72 Å². The third kappa shape index (κ3) is 2.09. The van der Waals surface area contributed by atoms with E-state index in [4.69, 9.17) is 28.6 Å². The molecule has 0 spiro atoms. The fourth-order valence-electron chi connectivity index (χ4n) is 2.13. The summed E-state index contributed by atoms with van der Waals surface area (Å²) in [5, 5.41) is 0.470. The van der Waals surface area contributed by atoms with Gasteiger partial charge in [0.1, 0.15) is 11.6 Å². The van der Waals surface area contributed by atoms with Crippen LogP contribution in [-0.4, -0.2) is 16.7 Å². The van der Waals surface area contributed by atoms with Crippen LogP contribution in [0.1, 0.15) is 0 Å². The van der Waals surface area contributed by atoms with Gasteiger partial charge in [-0.25, -0.2) is 4.39 Å². The highest BCUT2D eigenvalue weighted by Gasteiger charge is 2.09. The first-order chi connectivity index (χ1) is 9.60. The molecule has 0 saturated heterocycles. The first kappa shape index (κ1) is 13.1. The Morgan fingerprint density at radius 3 is 2.75 bits per heavy atom. The second-order valence-electron chi connectivity index (χ2n) is 4.25. The van der Waals surface area contributed by atoms with Crippen molar-refractivity contribution in [1.82, 2.24) is 9.55 Å². The molecule has 0 bridgehead atoms. The van der Waals surface area contributed by atoms with Crippen LogP contribution in [0, 0.1) is 10.6 Å². The Morgan fingerprint density at radius 2 is 2.05 bits per heavy atom. The van der Waals surface area contributed by atoms with Crippen LogP contribution in [0.2, 0.25) is 5.02 Å². The summed E-state index contributed by atoms with van der Waals surface area (Å²) in [4.78, 5) is 3.04. The van der Waals surface area contributed by atoms with Gasteiger partial charge in [0.2, 0.25) is 0 Å². The number of hydrogen-bond acceptors (Lipinski definition) is 2. The first-order valence-electron chi connectivity index (χ1n) is 5.84. The predicted molar refractivity (Wildman–Crippen MR) is 80.0 cm³/mol. The maximum absolute atomic E-state index is 13.4. The number of fused-ring (bicyclic) bond motifs is 1. The van der Waals surface area contributed by atoms with Crippen molar-refractivity contribution in [2.75, 3.05) is 7.11 Å². The maximum Gasteiger partial charge on any atom is 0.182 e. The Bertz CT molecular complexity index is 856. The van der Waals surface area contributed by atoms with E-state index < -0.39 is 0 Å². The molecule has 2 aromatic carbocycles. The molecule has 3 aromatic rings. The summed E-state index contributed by atoms with van der Waals surface area (Å²) in [5.41, 5.74) is 2.18. The molecule has 3 nitrogen and oxygen atoms in total. The molecule has 0 aliphatic carbocycles. The summed E-state index contributed by atoms with van der Waals surface area (Å²) >= 11 is 11.4. The highest BCUT2D eigenvalue weighted by molar-refractivity contribution is 7.71. The molecular formula is C14H10ClFN2OS. The van der Waals surface area contributed by atoms with E-state index in [0.29, 0.717) is 21.1 Å². The van der Waals surface area contributed by atoms with Crippen molar-refractivity contribution < 1.29 is 9.13 Å². The van der Waals surface area contributed by atoms with Crippen LogP contribution in [0.4, 0.5) is 4.39 Å². The molecule has 0 radical (unpaired) electrons. The van der Waals surface area contributed by atoms with Gasteiger partial charge in [-0.15, -0.1) is 0 Å². The molecule has 0 atom stereocenters. The largest absolute Gasteiger partial charge is 0.495 e. The van der Waals surface area contributed by atoms with Crippen LogP contribution in [-0.2, 0) is 0 Å². The monoisotopic (exact) mass is 308 g/mol. The van der Waals surface area contributed by atoms with E-state index >= 15 is 0 Å². The van der Waals surface area contributed by atoms with Crippen molar-refractivity contribution in [3.05, 3.63) is 52.0 Å². The topological polar surface area (TPSA) is 29.9 Å². The van der Waals surface area contributed by atoms with Gasteiger partial charge in [0.15, 0.2) is 4.77 Å². The Hall–Kier alpha value is -1.85. The van der Waals surface area contributed by atoms with E-state index in [1.54, 1.807) is 29.9 Å². The van der Waals surface area contributed by atoms with E-state index in [2.05, 4.69) is 4.98 Å². The summed E-state index contributed by atoms with van der Waals surface area (Å²) in [7, 11) is 1.55. The van der Waals surface area contributed by atoms with E-state index in [9.17, 15) is 4.39 Å². The van der Waals surface area contributed by atoms with Crippen LogP contribution >= 0.6 is 23.8 Å². The number of aromatic nitrogens is 2. The Morgan fingerprint density at radius 1 is 1.25 bits per heavy atom. The van der Waals surface area contributed by atoms with Crippen molar-refractivity contribution in [3.63, 3.8) is 0 Å². The molecular weight excluding hydrogens is 299 g/mol. The molecule has 1 aromatic heterocycles. The number of methoxy groups -OCH3 is 1. The van der Waals surface area contributed by atoms with Crippen molar-refractivity contribution >= 4 is 34.9 Å². The average molecular weight is 309 g/mol. The lowest BCUT2D eigenvalue weighted by Gasteiger charge is -2.08. The number of rotatable bonds is 2. The van der Waals surface area contributed by atoms with E-state index in [-0.39, 0.29) is 5.82 Å². The number of nitrogens with one attached hydrogen (secondary N) is 1. The summed E-state index contributed by atoms with van der Waals surface area (Å²) in [5.74, 6) is 0.257. The molecule has 20 heavy (non-hydrogen) atoms. The molecule has 6 heteroatoms. The SMILES string of the molecule is COc1ccc(-n2c(=S)[nH]c3ccc(F)cc32)cc1Cl. The van der Waals surface area contributed by atoms with E-state index in [1.807, 2.05) is 6.07 Å². The predicted octanol–water partition coefficient (Wildman–Crippen LogP) is 4.49. The Labute approximate surface area is 124 Å². The Kier molecular flexibility index (Phi) is 3.23. The molecule has 1 N–H and O–H groups in total. The van der Waals surface area contributed by atoms with E-state index in [1.165, 1.54) is 12.1 Å². The number of H-pyrrole nitrogens is 1. The lowest BCUT2D eigenvalue weighted by molar-refractivity contribution is 0.415. The minimum absolute atomic E-state index is 0.320. The molecule has 0 saturated carbocycles. The highest BCUT2D eigenvalue weighted by Crippen LogP contribution is 2.28. The molecule has 0 fully saturated rings. The van der Waals surface area contributed by atoms with Gasteiger partial charge in [-0.3, -0.25) is 4.57 Å². The Balaban J connectivity index is 2.28. The van der Waals surface area contributed by atoms with E-state index in [0.717, 1.165) is 11.2 Å². The van der Waals surface area contributed by atoms with Gasteiger partial charge in [0, 0.05) is 6.07 Å². The zero-order valence-corrected chi connectivity index (χ0v) is 12.1. The average Bonchev–Trinajstić information content (AvgIpc) is 2.74.